The molecule has 0 saturated heterocycles. The van der Waals surface area contributed by atoms with Gasteiger partial charge in [-0.15, -0.1) is 0 Å². The Hall–Kier alpha value is 0.826. The van der Waals surface area contributed by atoms with Crippen LogP contribution in [0.5, 0.6) is 0 Å². The van der Waals surface area contributed by atoms with Crippen LogP contribution in [0.3, 0.4) is 0 Å². The van der Waals surface area contributed by atoms with Gasteiger partial charge in [-0.25, -0.2) is 0 Å². The van der Waals surface area contributed by atoms with Crippen molar-refractivity contribution in [1.82, 2.24) is 0 Å². The summed E-state index contributed by atoms with van der Waals surface area (Å²) < 4.78 is 0. The van der Waals surface area contributed by atoms with Crippen molar-refractivity contribution in [2.75, 3.05) is 0 Å². The normalized spacial score (nSPS) is 16.0. The summed E-state index contributed by atoms with van der Waals surface area (Å²) in [5.41, 5.74) is 0. The third-order valence-corrected chi connectivity index (χ3v) is 9.00. The Labute approximate surface area is 35.9 Å². The molecule has 0 bridgehead atoms. The van der Waals surface area contributed by atoms with Gasteiger partial charge in [-0.3, -0.25) is 0 Å². The van der Waals surface area contributed by atoms with Crippen LogP contribution >= 0.6 is 0 Å². The van der Waals surface area contributed by atoms with E-state index in [9.17, 15) is 0 Å². The maximum atomic E-state index is 2.36. The third kappa shape index (κ3) is 0.404. The van der Waals surface area contributed by atoms with Gasteiger partial charge in [0.25, 0.3) is 0 Å². The minimum absolute atomic E-state index is 0.639. The molecule has 0 saturated carbocycles. The molecule has 1 aliphatic heterocycles. The molecule has 0 nitrogen and oxygen atoms in total. The zero-order chi connectivity index (χ0) is 2.83. The van der Waals surface area contributed by atoms with Gasteiger partial charge in [0.15, 0.2) is 0 Å². The first kappa shape index (κ1) is 3.03. The van der Waals surface area contributed by atoms with Gasteiger partial charge in [0, 0.05) is 0 Å². The predicted molar refractivity (Wildman–Crippen MR) is 20.6 cm³/mol. The summed E-state index contributed by atoms with van der Waals surface area (Å²) in [5.74, 6) is 0. The summed E-state index contributed by atoms with van der Waals surface area (Å²) in [6.07, 6.45) is 0. The van der Waals surface area contributed by atoms with E-state index < -0.39 is 0 Å². The molecule has 2 radical (unpaired) electrons. The van der Waals surface area contributed by atoms with Gasteiger partial charge in [0.05, 0.1) is 0 Å². The molecule has 1 heterocycles. The molecule has 0 atom stereocenters. The summed E-state index contributed by atoms with van der Waals surface area (Å²) in [5, 5.41) is 0. The Morgan fingerprint density at radius 1 is 1.00 bits per heavy atom. The Balaban J connectivity index is 2.67. The first-order valence-corrected chi connectivity index (χ1v) is 10.1. The standard InChI is InChI=1S/C2H2Ge2/c1-2-4-3-1/h1-2H. The van der Waals surface area contributed by atoms with Crippen molar-refractivity contribution in [1.29, 1.82) is 0 Å². The molecule has 0 unspecified atom stereocenters. The Kier molecular flexibility index (Phi) is 0.995. The second kappa shape index (κ2) is 1.31. The Morgan fingerprint density at radius 2 is 1.25 bits per heavy atom. The van der Waals surface area contributed by atoms with E-state index in [1.54, 1.807) is 0 Å². The van der Waals surface area contributed by atoms with Crippen LogP contribution < -0.4 is 0 Å². The van der Waals surface area contributed by atoms with Crippen molar-refractivity contribution in [3.63, 3.8) is 0 Å². The van der Waals surface area contributed by atoms with Gasteiger partial charge in [0.1, 0.15) is 0 Å². The molecular weight excluding hydrogens is 169 g/mol. The molecule has 0 fully saturated rings. The summed E-state index contributed by atoms with van der Waals surface area (Å²) >= 11 is 1.28. The zero-order valence-electron chi connectivity index (χ0n) is 2.15. The fraction of sp³-hybridized carbons (Fsp3) is 0. The van der Waals surface area contributed by atoms with Gasteiger partial charge < -0.3 is 0 Å². The van der Waals surface area contributed by atoms with E-state index in [1.807, 2.05) is 0 Å². The van der Waals surface area contributed by atoms with E-state index in [4.69, 9.17) is 0 Å². The SMILES string of the molecule is [CH]1=[CH][Ge]=[Ge]1. The van der Waals surface area contributed by atoms with E-state index in [0.29, 0.717) is 25.8 Å². The molecule has 0 aromatic rings. The average molecular weight is 171 g/mol. The molecule has 1 rings (SSSR count). The second-order valence-electron chi connectivity index (χ2n) is 0.622. The van der Waals surface area contributed by atoms with E-state index in [2.05, 4.69) is 9.82 Å². The summed E-state index contributed by atoms with van der Waals surface area (Å²) in [6, 6.07) is 0. The summed E-state index contributed by atoms with van der Waals surface area (Å²) in [7, 11) is 0. The van der Waals surface area contributed by atoms with E-state index in [1.165, 1.54) is 0 Å². The molecule has 0 aromatic heterocycles. The summed E-state index contributed by atoms with van der Waals surface area (Å²) in [6.45, 7) is 0. The third-order valence-electron chi connectivity index (χ3n) is 0.333. The molecule has 0 spiro atoms. The number of hydrogen-bond donors (Lipinski definition) is 0. The monoisotopic (exact) mass is 174 g/mol. The molecule has 1 aliphatic rings. The molecule has 4 heavy (non-hydrogen) atoms. The molecule has 18 valence electrons. The van der Waals surface area contributed by atoms with Crippen molar-refractivity contribution >= 4 is 25.8 Å². The average Bonchev–Trinajstić information content (AvgIpc) is 0.722. The van der Waals surface area contributed by atoms with Crippen molar-refractivity contribution < 1.29 is 0 Å². The van der Waals surface area contributed by atoms with Crippen LogP contribution in [0, 0.1) is 0 Å². The second-order valence-corrected chi connectivity index (χ2v) is 9.53. The molecule has 0 aliphatic carbocycles. The van der Waals surface area contributed by atoms with Crippen LogP contribution in [-0.2, 0) is 0 Å². The minimum atomic E-state index is 0.639. The van der Waals surface area contributed by atoms with Gasteiger partial charge >= 0.3 is 35.7 Å². The van der Waals surface area contributed by atoms with Crippen molar-refractivity contribution in [3.8, 4) is 0 Å². The predicted octanol–water partition coefficient (Wildman–Crippen LogP) is -0.205. The van der Waals surface area contributed by atoms with Crippen LogP contribution in [-0.4, -0.2) is 25.8 Å². The number of hydrogen-bond acceptors (Lipinski definition) is 0. The van der Waals surface area contributed by atoms with Crippen LogP contribution in [0.2, 0.25) is 0 Å². The van der Waals surface area contributed by atoms with Crippen molar-refractivity contribution in [3.05, 3.63) is 9.82 Å². The molecule has 0 aromatic carbocycles. The Morgan fingerprint density at radius 3 is 1.25 bits per heavy atom. The van der Waals surface area contributed by atoms with E-state index >= 15 is 0 Å². The van der Waals surface area contributed by atoms with Crippen LogP contribution in [0.25, 0.3) is 0 Å². The van der Waals surface area contributed by atoms with Crippen LogP contribution in [0.15, 0.2) is 9.82 Å². The van der Waals surface area contributed by atoms with Crippen molar-refractivity contribution in [2.45, 2.75) is 0 Å². The first-order chi connectivity index (χ1) is 2.00. The quantitative estimate of drug-likeness (QED) is 0.443. The topological polar surface area (TPSA) is 0 Å². The zero-order valence-corrected chi connectivity index (χ0v) is 6.35. The van der Waals surface area contributed by atoms with Gasteiger partial charge in [-0.1, -0.05) is 0 Å². The first-order valence-electron chi connectivity index (χ1n) is 1.16. The van der Waals surface area contributed by atoms with Crippen LogP contribution in [0.4, 0.5) is 0 Å². The van der Waals surface area contributed by atoms with E-state index in [0.717, 1.165) is 0 Å². The molecule has 2 heteroatoms. The maximum absolute atomic E-state index is 2.36. The van der Waals surface area contributed by atoms with Crippen LogP contribution in [0.1, 0.15) is 0 Å². The number of rotatable bonds is 0. The molecular formula is C2H2Ge2. The van der Waals surface area contributed by atoms with E-state index in [-0.39, 0.29) is 0 Å². The molecule has 0 amide bonds. The van der Waals surface area contributed by atoms with Crippen molar-refractivity contribution in [2.24, 2.45) is 0 Å². The van der Waals surface area contributed by atoms with Gasteiger partial charge in [-0.2, -0.15) is 0 Å². The summed E-state index contributed by atoms with van der Waals surface area (Å²) in [4.78, 5) is 4.72. The fourth-order valence-corrected chi connectivity index (χ4v) is 2.25. The fourth-order valence-electron chi connectivity index (χ4n) is 0.0833. The molecule has 0 N–H and O–H groups in total. The Bertz CT molecular complexity index is 44.4. The van der Waals surface area contributed by atoms with Gasteiger partial charge in [-0.05, 0) is 0 Å². The van der Waals surface area contributed by atoms with Gasteiger partial charge in [0.2, 0.25) is 0 Å².